The van der Waals surface area contributed by atoms with E-state index in [4.69, 9.17) is 14.3 Å². The van der Waals surface area contributed by atoms with Crippen LogP contribution in [0, 0.1) is 0 Å². The van der Waals surface area contributed by atoms with Gasteiger partial charge in [0, 0.05) is 17.0 Å². The van der Waals surface area contributed by atoms with E-state index < -0.39 is 5.97 Å². The van der Waals surface area contributed by atoms with Gasteiger partial charge in [-0.25, -0.2) is 4.79 Å². The van der Waals surface area contributed by atoms with Gasteiger partial charge in [0.15, 0.2) is 17.6 Å². The molecule has 0 fully saturated rings. The summed E-state index contributed by atoms with van der Waals surface area (Å²) in [6, 6.07) is 4.42. The SMILES string of the molecule is COc1ccc(C=O)c2cc(C(=O)O)oc12. The van der Waals surface area contributed by atoms with Gasteiger partial charge < -0.3 is 14.3 Å². The fraction of sp³-hybridized carbons (Fsp3) is 0.0909. The molecule has 0 unspecified atom stereocenters. The molecule has 1 heterocycles. The van der Waals surface area contributed by atoms with Crippen LogP contribution in [0.15, 0.2) is 22.6 Å². The number of carboxylic acids is 1. The van der Waals surface area contributed by atoms with Crippen molar-refractivity contribution in [2.24, 2.45) is 0 Å². The zero-order chi connectivity index (χ0) is 11.7. The number of carbonyl (C=O) groups excluding carboxylic acids is 1. The summed E-state index contributed by atoms with van der Waals surface area (Å²) in [7, 11) is 1.44. The summed E-state index contributed by atoms with van der Waals surface area (Å²) >= 11 is 0. The van der Waals surface area contributed by atoms with Crippen molar-refractivity contribution in [3.8, 4) is 5.75 Å². The van der Waals surface area contributed by atoms with Gasteiger partial charge in [0.05, 0.1) is 7.11 Å². The monoisotopic (exact) mass is 220 g/mol. The largest absolute Gasteiger partial charge is 0.493 e. The molecule has 1 aromatic heterocycles. The van der Waals surface area contributed by atoms with Gasteiger partial charge in [0.2, 0.25) is 5.76 Å². The number of furan rings is 1. The third kappa shape index (κ3) is 1.42. The van der Waals surface area contributed by atoms with Gasteiger partial charge in [-0.1, -0.05) is 0 Å². The number of ether oxygens (including phenoxy) is 1. The molecule has 5 nitrogen and oxygen atoms in total. The average Bonchev–Trinajstić information content (AvgIpc) is 2.72. The summed E-state index contributed by atoms with van der Waals surface area (Å²) < 4.78 is 10.1. The summed E-state index contributed by atoms with van der Waals surface area (Å²) in [4.78, 5) is 21.5. The van der Waals surface area contributed by atoms with Crippen LogP contribution in [0.5, 0.6) is 5.75 Å². The molecule has 0 bridgehead atoms. The smallest absolute Gasteiger partial charge is 0.371 e. The number of hydrogen-bond donors (Lipinski definition) is 1. The summed E-state index contributed by atoms with van der Waals surface area (Å²) in [5.74, 6) is -1.01. The first-order chi connectivity index (χ1) is 7.67. The fourth-order valence-electron chi connectivity index (χ4n) is 1.49. The van der Waals surface area contributed by atoms with E-state index in [1.807, 2.05) is 0 Å². The third-order valence-electron chi connectivity index (χ3n) is 2.24. The second-order valence-electron chi connectivity index (χ2n) is 3.13. The van der Waals surface area contributed by atoms with Gasteiger partial charge in [0.25, 0.3) is 0 Å². The molecule has 0 spiro atoms. The van der Waals surface area contributed by atoms with Crippen LogP contribution in [0.3, 0.4) is 0 Å². The topological polar surface area (TPSA) is 76.7 Å². The Morgan fingerprint density at radius 3 is 2.81 bits per heavy atom. The Morgan fingerprint density at radius 2 is 2.25 bits per heavy atom. The lowest BCUT2D eigenvalue weighted by Gasteiger charge is -2.00. The third-order valence-corrected chi connectivity index (χ3v) is 2.24. The maximum atomic E-state index is 10.8. The van der Waals surface area contributed by atoms with Crippen LogP contribution in [0.2, 0.25) is 0 Å². The van der Waals surface area contributed by atoms with Gasteiger partial charge in [-0.3, -0.25) is 4.79 Å². The van der Waals surface area contributed by atoms with E-state index in [0.717, 1.165) is 0 Å². The second kappa shape index (κ2) is 3.69. The predicted octanol–water partition coefficient (Wildman–Crippen LogP) is 1.95. The van der Waals surface area contributed by atoms with E-state index in [9.17, 15) is 9.59 Å². The predicted molar refractivity (Wildman–Crippen MR) is 55.1 cm³/mol. The summed E-state index contributed by atoms with van der Waals surface area (Å²) in [5.41, 5.74) is 0.636. The van der Waals surface area contributed by atoms with Crippen molar-refractivity contribution in [3.05, 3.63) is 29.5 Å². The molecule has 0 aliphatic rings. The van der Waals surface area contributed by atoms with E-state index in [0.29, 0.717) is 23.0 Å². The van der Waals surface area contributed by atoms with Crippen LogP contribution in [0.1, 0.15) is 20.9 Å². The van der Waals surface area contributed by atoms with E-state index >= 15 is 0 Å². The minimum Gasteiger partial charge on any atom is -0.493 e. The fourth-order valence-corrected chi connectivity index (χ4v) is 1.49. The van der Waals surface area contributed by atoms with Crippen molar-refractivity contribution in [2.45, 2.75) is 0 Å². The highest BCUT2D eigenvalue weighted by Gasteiger charge is 2.16. The maximum Gasteiger partial charge on any atom is 0.371 e. The summed E-state index contributed by atoms with van der Waals surface area (Å²) in [5, 5.41) is 9.23. The van der Waals surface area contributed by atoms with E-state index in [1.54, 1.807) is 12.1 Å². The van der Waals surface area contributed by atoms with Crippen LogP contribution in [-0.2, 0) is 0 Å². The molecular weight excluding hydrogens is 212 g/mol. The number of aldehydes is 1. The Morgan fingerprint density at radius 1 is 1.50 bits per heavy atom. The molecule has 0 saturated carbocycles. The van der Waals surface area contributed by atoms with Gasteiger partial charge in [0.1, 0.15) is 0 Å². The highest BCUT2D eigenvalue weighted by molar-refractivity contribution is 6.01. The molecule has 0 aliphatic carbocycles. The number of methoxy groups -OCH3 is 1. The minimum absolute atomic E-state index is 0.220. The number of hydrogen-bond acceptors (Lipinski definition) is 4. The molecule has 5 heteroatoms. The quantitative estimate of drug-likeness (QED) is 0.800. The normalized spacial score (nSPS) is 10.3. The van der Waals surface area contributed by atoms with Crippen LogP contribution < -0.4 is 4.74 Å². The molecule has 0 atom stereocenters. The van der Waals surface area contributed by atoms with Crippen molar-refractivity contribution in [3.63, 3.8) is 0 Å². The van der Waals surface area contributed by atoms with Crippen molar-refractivity contribution in [1.29, 1.82) is 0 Å². The molecular formula is C11H8O5. The van der Waals surface area contributed by atoms with Gasteiger partial charge in [-0.05, 0) is 12.1 Å². The van der Waals surface area contributed by atoms with Crippen LogP contribution in [0.4, 0.5) is 0 Å². The molecule has 1 N–H and O–H groups in total. The van der Waals surface area contributed by atoms with E-state index in [-0.39, 0.29) is 11.3 Å². The lowest BCUT2D eigenvalue weighted by Crippen LogP contribution is -1.91. The number of carbonyl (C=O) groups is 2. The Bertz CT molecular complexity index is 567. The first kappa shape index (κ1) is 10.2. The van der Waals surface area contributed by atoms with Crippen LogP contribution >= 0.6 is 0 Å². The molecule has 0 amide bonds. The van der Waals surface area contributed by atoms with Crippen molar-refractivity contribution < 1.29 is 23.8 Å². The Kier molecular flexibility index (Phi) is 2.36. The second-order valence-corrected chi connectivity index (χ2v) is 3.13. The van der Waals surface area contributed by atoms with Gasteiger partial charge in [-0.15, -0.1) is 0 Å². The minimum atomic E-state index is -1.19. The van der Waals surface area contributed by atoms with Crippen molar-refractivity contribution in [2.75, 3.05) is 7.11 Å². The number of rotatable bonds is 3. The zero-order valence-corrected chi connectivity index (χ0v) is 8.39. The van der Waals surface area contributed by atoms with Crippen molar-refractivity contribution in [1.82, 2.24) is 0 Å². The highest BCUT2D eigenvalue weighted by atomic mass is 16.5. The van der Waals surface area contributed by atoms with E-state index in [2.05, 4.69) is 0 Å². The van der Waals surface area contributed by atoms with E-state index in [1.165, 1.54) is 13.2 Å². The summed E-state index contributed by atoms with van der Waals surface area (Å²) in [6.45, 7) is 0. The lowest BCUT2D eigenvalue weighted by atomic mass is 10.1. The molecule has 82 valence electrons. The Labute approximate surface area is 90.2 Å². The number of carboxylic acid groups (broad SMARTS) is 1. The molecule has 2 aromatic rings. The number of benzene rings is 1. The Balaban J connectivity index is 2.80. The van der Waals surface area contributed by atoms with Gasteiger partial charge in [-0.2, -0.15) is 0 Å². The lowest BCUT2D eigenvalue weighted by molar-refractivity contribution is 0.0664. The Hall–Kier alpha value is -2.30. The first-order valence-electron chi connectivity index (χ1n) is 4.46. The molecule has 1 aromatic carbocycles. The maximum absolute atomic E-state index is 10.8. The number of aromatic carboxylic acids is 1. The molecule has 0 saturated heterocycles. The van der Waals surface area contributed by atoms with Crippen molar-refractivity contribution >= 4 is 23.2 Å². The molecule has 0 aliphatic heterocycles. The molecule has 16 heavy (non-hydrogen) atoms. The van der Waals surface area contributed by atoms with Crippen LogP contribution in [0.25, 0.3) is 11.0 Å². The summed E-state index contributed by atoms with van der Waals surface area (Å²) in [6.07, 6.45) is 0.642. The van der Waals surface area contributed by atoms with Crippen LogP contribution in [-0.4, -0.2) is 24.5 Å². The number of fused-ring (bicyclic) bond motifs is 1. The van der Waals surface area contributed by atoms with Gasteiger partial charge >= 0.3 is 5.97 Å². The average molecular weight is 220 g/mol. The zero-order valence-electron chi connectivity index (χ0n) is 8.39. The molecule has 2 rings (SSSR count). The highest BCUT2D eigenvalue weighted by Crippen LogP contribution is 2.30. The molecule has 0 radical (unpaired) electrons. The first-order valence-corrected chi connectivity index (χ1v) is 4.46. The standard InChI is InChI=1S/C11H8O5/c1-15-8-3-2-6(5-12)7-4-9(11(13)14)16-10(7)8/h2-5H,1H3,(H,13,14).